The van der Waals surface area contributed by atoms with Gasteiger partial charge in [-0.15, -0.1) is 0 Å². The van der Waals surface area contributed by atoms with Crippen molar-refractivity contribution in [3.05, 3.63) is 54.7 Å². The molecule has 3 heteroatoms. The predicted molar refractivity (Wildman–Crippen MR) is 73.0 cm³/mol. The Labute approximate surface area is 102 Å². The minimum absolute atomic E-state index is 0.240. The van der Waals surface area contributed by atoms with E-state index in [1.54, 1.807) is 12.2 Å². The van der Waals surface area contributed by atoms with Gasteiger partial charge in [0.15, 0.2) is 7.85 Å². The van der Waals surface area contributed by atoms with Crippen LogP contribution in [-0.2, 0) is 0 Å². The van der Waals surface area contributed by atoms with Crippen LogP contribution < -0.4 is 5.72 Å². The Morgan fingerprint density at radius 2 is 1.71 bits per heavy atom. The largest absolute Gasteiger partial charge is 0.245 e. The van der Waals surface area contributed by atoms with E-state index in [9.17, 15) is 0 Å². The smallest absolute Gasteiger partial charge is 0.170 e. The van der Waals surface area contributed by atoms with Crippen LogP contribution in [0.5, 0.6) is 0 Å². The quantitative estimate of drug-likeness (QED) is 0.738. The molecule has 0 aliphatic heterocycles. The first kappa shape index (κ1) is 11.3. The fourth-order valence-electron chi connectivity index (χ4n) is 1.68. The summed E-state index contributed by atoms with van der Waals surface area (Å²) in [6.07, 6.45) is 3.38. The Morgan fingerprint density at radius 1 is 1.00 bits per heavy atom. The van der Waals surface area contributed by atoms with Crippen LogP contribution in [0.3, 0.4) is 0 Å². The first-order valence-electron chi connectivity index (χ1n) is 5.24. The summed E-state index contributed by atoms with van der Waals surface area (Å²) in [7, 11) is 5.69. The number of hydrogen-bond donors (Lipinski definition) is 0. The van der Waals surface area contributed by atoms with Gasteiger partial charge < -0.3 is 0 Å². The maximum atomic E-state index is 5.69. The van der Waals surface area contributed by atoms with Crippen LogP contribution in [0.2, 0.25) is 0 Å². The second kappa shape index (κ2) is 4.79. The molecule has 1 heterocycles. The van der Waals surface area contributed by atoms with Gasteiger partial charge in [0.2, 0.25) is 0 Å². The highest BCUT2D eigenvalue weighted by Crippen LogP contribution is 2.23. The number of aromatic nitrogens is 2. The molecule has 2 rings (SSSR count). The van der Waals surface area contributed by atoms with Crippen LogP contribution in [0.25, 0.3) is 23.4 Å². The number of hydrogen-bond acceptors (Lipinski definition) is 2. The summed E-state index contributed by atoms with van der Waals surface area (Å²) in [6.45, 7) is 7.51. The molecule has 0 saturated carbocycles. The van der Waals surface area contributed by atoms with E-state index >= 15 is 0 Å². The predicted octanol–water partition coefficient (Wildman–Crippen LogP) is 2.22. The molecule has 80 valence electrons. The molecule has 0 atom stereocenters. The molecule has 0 spiro atoms. The maximum absolute atomic E-state index is 5.69. The molecule has 0 aliphatic rings. The van der Waals surface area contributed by atoms with Crippen LogP contribution in [0.4, 0.5) is 0 Å². The SMILES string of the molecule is [B]c1nc(C=C)c(C=C)c(-c2ccccc2)n1. The molecule has 0 unspecified atom stereocenters. The lowest BCUT2D eigenvalue weighted by Gasteiger charge is -2.09. The highest BCUT2D eigenvalue weighted by Gasteiger charge is 2.09. The molecule has 1 aromatic carbocycles. The summed E-state index contributed by atoms with van der Waals surface area (Å²) in [5, 5.41) is 0. The van der Waals surface area contributed by atoms with Crippen LogP contribution in [-0.4, -0.2) is 17.8 Å². The molecular formula is C14H11BN2. The molecule has 2 nitrogen and oxygen atoms in total. The molecule has 0 N–H and O–H groups in total. The van der Waals surface area contributed by atoms with Gasteiger partial charge in [-0.05, 0) is 6.08 Å². The number of nitrogens with zero attached hydrogens (tertiary/aromatic N) is 2. The molecule has 0 bridgehead atoms. The molecule has 0 fully saturated rings. The van der Waals surface area contributed by atoms with Gasteiger partial charge in [-0.1, -0.05) is 49.6 Å². The summed E-state index contributed by atoms with van der Waals surface area (Å²) >= 11 is 0. The lowest BCUT2D eigenvalue weighted by atomic mass is 10.0. The van der Waals surface area contributed by atoms with Gasteiger partial charge in [0.05, 0.1) is 17.1 Å². The van der Waals surface area contributed by atoms with Crippen molar-refractivity contribution >= 4 is 25.7 Å². The van der Waals surface area contributed by atoms with Gasteiger partial charge in [0.1, 0.15) is 0 Å². The van der Waals surface area contributed by atoms with Gasteiger partial charge in [0.25, 0.3) is 0 Å². The van der Waals surface area contributed by atoms with Crippen molar-refractivity contribution in [3.8, 4) is 11.3 Å². The molecule has 0 aliphatic carbocycles. The maximum Gasteiger partial charge on any atom is 0.170 e. The first-order valence-corrected chi connectivity index (χ1v) is 5.24. The van der Waals surface area contributed by atoms with Gasteiger partial charge in [-0.2, -0.15) is 0 Å². The monoisotopic (exact) mass is 218 g/mol. The third-order valence-electron chi connectivity index (χ3n) is 2.44. The summed E-state index contributed by atoms with van der Waals surface area (Å²) in [5.74, 6) is 0. The Bertz CT molecular complexity index is 562. The minimum Gasteiger partial charge on any atom is -0.245 e. The number of benzene rings is 1. The first-order chi connectivity index (χ1) is 8.26. The standard InChI is InChI=1S/C14H11BN2/c1-3-11-12(4-2)16-14(15)17-13(11)10-8-6-5-7-9-10/h3-9H,1-2H2. The van der Waals surface area contributed by atoms with Crippen LogP contribution in [0.1, 0.15) is 11.3 Å². The summed E-state index contributed by atoms with van der Waals surface area (Å²) in [5.41, 5.74) is 3.55. The van der Waals surface area contributed by atoms with E-state index in [4.69, 9.17) is 7.85 Å². The molecule has 17 heavy (non-hydrogen) atoms. The Morgan fingerprint density at radius 3 is 2.29 bits per heavy atom. The van der Waals surface area contributed by atoms with Crippen molar-refractivity contribution in [1.29, 1.82) is 0 Å². The van der Waals surface area contributed by atoms with Crippen molar-refractivity contribution in [2.24, 2.45) is 0 Å². The second-order valence-corrected chi connectivity index (χ2v) is 3.50. The molecule has 2 aromatic rings. The van der Waals surface area contributed by atoms with Crippen molar-refractivity contribution in [2.75, 3.05) is 0 Å². The molecule has 2 radical (unpaired) electrons. The van der Waals surface area contributed by atoms with Crippen LogP contribution in [0, 0.1) is 0 Å². The highest BCUT2D eigenvalue weighted by atomic mass is 14.9. The van der Waals surface area contributed by atoms with Crippen molar-refractivity contribution < 1.29 is 0 Å². The fraction of sp³-hybridized carbons (Fsp3) is 0. The van der Waals surface area contributed by atoms with Crippen molar-refractivity contribution in [2.45, 2.75) is 0 Å². The second-order valence-electron chi connectivity index (χ2n) is 3.50. The van der Waals surface area contributed by atoms with Crippen LogP contribution >= 0.6 is 0 Å². The van der Waals surface area contributed by atoms with Gasteiger partial charge in [-0.3, -0.25) is 0 Å². The number of rotatable bonds is 3. The zero-order valence-corrected chi connectivity index (χ0v) is 9.43. The minimum atomic E-state index is 0.240. The fourth-order valence-corrected chi connectivity index (χ4v) is 1.68. The molecule has 1 aromatic heterocycles. The average Bonchev–Trinajstić information content (AvgIpc) is 2.38. The van der Waals surface area contributed by atoms with E-state index in [0.29, 0.717) is 5.69 Å². The zero-order chi connectivity index (χ0) is 12.3. The normalized spacial score (nSPS) is 9.88. The summed E-state index contributed by atoms with van der Waals surface area (Å²) in [6, 6.07) is 9.81. The molecular weight excluding hydrogens is 207 g/mol. The average molecular weight is 218 g/mol. The van der Waals surface area contributed by atoms with Gasteiger partial charge in [0, 0.05) is 11.1 Å². The van der Waals surface area contributed by atoms with E-state index in [-0.39, 0.29) is 5.72 Å². The van der Waals surface area contributed by atoms with E-state index < -0.39 is 0 Å². The van der Waals surface area contributed by atoms with Crippen LogP contribution in [0.15, 0.2) is 43.5 Å². The lowest BCUT2D eigenvalue weighted by Crippen LogP contribution is -2.16. The summed E-state index contributed by atoms with van der Waals surface area (Å²) in [4.78, 5) is 8.40. The lowest BCUT2D eigenvalue weighted by molar-refractivity contribution is 1.21. The molecule has 0 saturated heterocycles. The van der Waals surface area contributed by atoms with Gasteiger partial charge in [-0.25, -0.2) is 9.97 Å². The third-order valence-corrected chi connectivity index (χ3v) is 2.44. The van der Waals surface area contributed by atoms with E-state index in [1.807, 2.05) is 30.3 Å². The summed E-state index contributed by atoms with van der Waals surface area (Å²) < 4.78 is 0. The van der Waals surface area contributed by atoms with Gasteiger partial charge >= 0.3 is 0 Å². The Balaban J connectivity index is 2.72. The third kappa shape index (κ3) is 2.18. The Kier molecular flexibility index (Phi) is 3.19. The Hall–Kier alpha value is -2.16. The van der Waals surface area contributed by atoms with E-state index in [2.05, 4.69) is 23.1 Å². The van der Waals surface area contributed by atoms with E-state index in [0.717, 1.165) is 16.8 Å². The molecule has 0 amide bonds. The van der Waals surface area contributed by atoms with E-state index in [1.165, 1.54) is 0 Å². The highest BCUT2D eigenvalue weighted by molar-refractivity contribution is 6.29. The topological polar surface area (TPSA) is 25.8 Å². The van der Waals surface area contributed by atoms with Crippen molar-refractivity contribution in [3.63, 3.8) is 0 Å². The van der Waals surface area contributed by atoms with Crippen molar-refractivity contribution in [1.82, 2.24) is 9.97 Å². The zero-order valence-electron chi connectivity index (χ0n) is 9.43.